The number of aliphatic carboxylic acids is 1. The molecule has 0 bridgehead atoms. The lowest BCUT2D eigenvalue weighted by Gasteiger charge is -2.24. The van der Waals surface area contributed by atoms with Gasteiger partial charge in [-0.3, -0.25) is 14.4 Å². The Kier molecular flexibility index (Phi) is 5.91. The monoisotopic (exact) mass is 386 g/mol. The molecule has 1 aliphatic rings. The lowest BCUT2D eigenvalue weighted by molar-refractivity contribution is -0.141. The van der Waals surface area contributed by atoms with E-state index in [9.17, 15) is 19.5 Å². The van der Waals surface area contributed by atoms with Gasteiger partial charge in [0.25, 0.3) is 0 Å². The van der Waals surface area contributed by atoms with E-state index < -0.39 is 17.8 Å². The van der Waals surface area contributed by atoms with E-state index >= 15 is 0 Å². The summed E-state index contributed by atoms with van der Waals surface area (Å²) in [5.74, 6) is -2.52. The van der Waals surface area contributed by atoms with Crippen molar-refractivity contribution in [3.63, 3.8) is 0 Å². The second-order valence-electron chi connectivity index (χ2n) is 6.75. The van der Waals surface area contributed by atoms with Gasteiger partial charge in [-0.05, 0) is 23.4 Å². The van der Waals surface area contributed by atoms with E-state index in [1.807, 2.05) is 47.8 Å². The Labute approximate surface area is 161 Å². The maximum atomic E-state index is 12.7. The van der Waals surface area contributed by atoms with Gasteiger partial charge in [0.15, 0.2) is 0 Å². The molecule has 1 aromatic carbocycles. The minimum atomic E-state index is -0.950. The predicted molar refractivity (Wildman–Crippen MR) is 102 cm³/mol. The molecule has 2 heterocycles. The Bertz CT molecular complexity index is 807. The number of amides is 2. The van der Waals surface area contributed by atoms with E-state index in [2.05, 4.69) is 5.32 Å². The minimum absolute atomic E-state index is 0.0363. The zero-order chi connectivity index (χ0) is 19.4. The number of carboxylic acid groups (broad SMARTS) is 1. The second kappa shape index (κ2) is 8.35. The van der Waals surface area contributed by atoms with Crippen LogP contribution in [-0.4, -0.2) is 41.4 Å². The molecule has 1 saturated heterocycles. The number of hydrogen-bond donors (Lipinski definition) is 2. The van der Waals surface area contributed by atoms with Crippen molar-refractivity contribution in [1.82, 2.24) is 10.2 Å². The molecule has 0 unspecified atom stereocenters. The fourth-order valence-corrected chi connectivity index (χ4v) is 4.39. The van der Waals surface area contributed by atoms with Gasteiger partial charge in [0.05, 0.1) is 17.9 Å². The minimum Gasteiger partial charge on any atom is -0.481 e. The van der Waals surface area contributed by atoms with Crippen molar-refractivity contribution in [3.8, 4) is 0 Å². The van der Waals surface area contributed by atoms with Gasteiger partial charge in [-0.15, -0.1) is 11.3 Å². The predicted octanol–water partition coefficient (Wildman–Crippen LogP) is 2.33. The highest BCUT2D eigenvalue weighted by Crippen LogP contribution is 2.39. The van der Waals surface area contributed by atoms with E-state index in [1.54, 1.807) is 11.9 Å². The molecule has 2 amide bonds. The van der Waals surface area contributed by atoms with Gasteiger partial charge in [-0.25, -0.2) is 0 Å². The van der Waals surface area contributed by atoms with Crippen LogP contribution < -0.4 is 5.32 Å². The Morgan fingerprint density at radius 2 is 2.00 bits per heavy atom. The third kappa shape index (κ3) is 4.36. The summed E-state index contributed by atoms with van der Waals surface area (Å²) in [6, 6.07) is 12.8. The number of nitrogens with zero attached hydrogens (tertiary/aromatic N) is 1. The first-order valence-corrected chi connectivity index (χ1v) is 9.69. The maximum absolute atomic E-state index is 12.7. The van der Waals surface area contributed by atoms with Crippen molar-refractivity contribution in [2.75, 3.05) is 13.6 Å². The van der Waals surface area contributed by atoms with E-state index in [-0.39, 0.29) is 30.8 Å². The van der Waals surface area contributed by atoms with Crippen LogP contribution in [0.2, 0.25) is 0 Å². The Hall–Kier alpha value is -2.67. The Morgan fingerprint density at radius 1 is 1.26 bits per heavy atom. The van der Waals surface area contributed by atoms with Crippen LogP contribution in [0, 0.1) is 11.8 Å². The molecule has 27 heavy (non-hydrogen) atoms. The van der Waals surface area contributed by atoms with Crippen molar-refractivity contribution < 1.29 is 19.5 Å². The number of carbonyl (C=O) groups excluding carboxylic acids is 2. The molecule has 0 saturated carbocycles. The van der Waals surface area contributed by atoms with Crippen LogP contribution in [0.15, 0.2) is 47.8 Å². The maximum Gasteiger partial charge on any atom is 0.308 e. The van der Waals surface area contributed by atoms with Crippen LogP contribution in [-0.2, 0) is 20.8 Å². The van der Waals surface area contributed by atoms with Crippen LogP contribution in [0.3, 0.4) is 0 Å². The van der Waals surface area contributed by atoms with Crippen molar-refractivity contribution >= 4 is 29.1 Å². The highest BCUT2D eigenvalue weighted by Gasteiger charge is 2.43. The van der Waals surface area contributed by atoms with E-state index in [0.29, 0.717) is 6.42 Å². The molecule has 2 aromatic rings. The van der Waals surface area contributed by atoms with Crippen molar-refractivity contribution in [3.05, 3.63) is 58.3 Å². The van der Waals surface area contributed by atoms with E-state index in [0.717, 1.165) is 10.4 Å². The molecule has 0 spiro atoms. The third-order valence-electron chi connectivity index (χ3n) is 4.95. The molecule has 3 atom stereocenters. The first kappa shape index (κ1) is 19.1. The average molecular weight is 386 g/mol. The number of carbonyl (C=O) groups is 3. The van der Waals surface area contributed by atoms with Crippen molar-refractivity contribution in [1.29, 1.82) is 0 Å². The molecule has 3 rings (SSSR count). The summed E-state index contributed by atoms with van der Waals surface area (Å²) in [7, 11) is 1.70. The second-order valence-corrected chi connectivity index (χ2v) is 7.72. The number of hydrogen-bond acceptors (Lipinski definition) is 4. The average Bonchev–Trinajstić information content (AvgIpc) is 3.27. The van der Waals surface area contributed by atoms with Gasteiger partial charge in [0.1, 0.15) is 0 Å². The molecule has 6 nitrogen and oxygen atoms in total. The number of thiophene rings is 1. The topological polar surface area (TPSA) is 86.7 Å². The Balaban J connectivity index is 1.66. The molecule has 0 aliphatic carbocycles. The first-order chi connectivity index (χ1) is 13.0. The lowest BCUT2D eigenvalue weighted by Crippen LogP contribution is -2.39. The molecule has 2 N–H and O–H groups in total. The summed E-state index contributed by atoms with van der Waals surface area (Å²) in [6.07, 6.45) is 0.482. The quantitative estimate of drug-likeness (QED) is 0.765. The van der Waals surface area contributed by atoms with Crippen LogP contribution in [0.1, 0.15) is 22.9 Å². The summed E-state index contributed by atoms with van der Waals surface area (Å²) in [4.78, 5) is 39.0. The fraction of sp³-hybridized carbons (Fsp3) is 0.350. The number of benzene rings is 1. The van der Waals surface area contributed by atoms with Gasteiger partial charge in [-0.2, -0.15) is 0 Å². The normalized spacial score (nSPS) is 20.5. The molecule has 1 aromatic heterocycles. The summed E-state index contributed by atoms with van der Waals surface area (Å²) < 4.78 is 0. The van der Waals surface area contributed by atoms with Crippen LogP contribution in [0.5, 0.6) is 0 Å². The summed E-state index contributed by atoms with van der Waals surface area (Å²) >= 11 is 1.51. The summed E-state index contributed by atoms with van der Waals surface area (Å²) in [5, 5.41) is 14.2. The number of likely N-dealkylation sites (tertiary alicyclic amines) is 1. The largest absolute Gasteiger partial charge is 0.481 e. The molecular weight excluding hydrogens is 364 g/mol. The number of rotatable bonds is 7. The van der Waals surface area contributed by atoms with E-state index in [4.69, 9.17) is 0 Å². The SMILES string of the molecule is CN1C(=O)C[C@H](C(=O)NC[C@H](Cc2ccccc2)C(=O)O)[C@H]1c1cccs1. The zero-order valence-electron chi connectivity index (χ0n) is 15.0. The van der Waals surface area contributed by atoms with Gasteiger partial charge >= 0.3 is 5.97 Å². The van der Waals surface area contributed by atoms with Gasteiger partial charge < -0.3 is 15.3 Å². The smallest absolute Gasteiger partial charge is 0.308 e. The highest BCUT2D eigenvalue weighted by atomic mass is 32.1. The Morgan fingerprint density at radius 3 is 2.63 bits per heavy atom. The van der Waals surface area contributed by atoms with E-state index in [1.165, 1.54) is 11.3 Å². The molecule has 7 heteroatoms. The summed E-state index contributed by atoms with van der Waals surface area (Å²) in [6.45, 7) is 0.0363. The van der Waals surface area contributed by atoms with Gasteiger partial charge in [0, 0.05) is 24.9 Å². The molecule has 1 aliphatic heterocycles. The van der Waals surface area contributed by atoms with Crippen LogP contribution >= 0.6 is 11.3 Å². The fourth-order valence-electron chi connectivity index (χ4n) is 3.45. The first-order valence-electron chi connectivity index (χ1n) is 8.81. The molecular formula is C20H22N2O4S. The number of nitrogens with one attached hydrogen (secondary N) is 1. The molecule has 1 fully saturated rings. The van der Waals surface area contributed by atoms with Crippen molar-refractivity contribution in [2.45, 2.75) is 18.9 Å². The molecule has 0 radical (unpaired) electrons. The number of carboxylic acids is 1. The van der Waals surface area contributed by atoms with Gasteiger partial charge in [0.2, 0.25) is 11.8 Å². The van der Waals surface area contributed by atoms with Crippen LogP contribution in [0.25, 0.3) is 0 Å². The third-order valence-corrected chi connectivity index (χ3v) is 5.90. The summed E-state index contributed by atoms with van der Waals surface area (Å²) in [5.41, 5.74) is 0.909. The zero-order valence-corrected chi connectivity index (χ0v) is 15.8. The van der Waals surface area contributed by atoms with Gasteiger partial charge in [-0.1, -0.05) is 36.4 Å². The highest BCUT2D eigenvalue weighted by molar-refractivity contribution is 7.10. The van der Waals surface area contributed by atoms with Crippen molar-refractivity contribution in [2.24, 2.45) is 11.8 Å². The lowest BCUT2D eigenvalue weighted by atomic mass is 9.96. The molecule has 142 valence electrons. The standard InChI is InChI=1S/C20H22N2O4S/c1-22-17(23)11-15(18(22)16-8-5-9-27-16)19(24)21-12-14(20(25)26)10-13-6-3-2-4-7-13/h2-9,14-15,18H,10-12H2,1H3,(H,21,24)(H,25,26)/t14-,15-,18-/m0/s1. The van der Waals surface area contributed by atoms with Crippen LogP contribution in [0.4, 0.5) is 0 Å².